The van der Waals surface area contributed by atoms with Gasteiger partial charge in [0.2, 0.25) is 0 Å². The molecule has 0 aliphatic rings. The minimum atomic E-state index is -3.12. The summed E-state index contributed by atoms with van der Waals surface area (Å²) in [4.78, 5) is 4.47. The number of nitrogens with two attached hydrogens (primary N) is 1. The Morgan fingerprint density at radius 3 is 2.47 bits per heavy atom. The van der Waals surface area contributed by atoms with Crippen molar-refractivity contribution in [1.82, 2.24) is 5.32 Å². The van der Waals surface area contributed by atoms with E-state index in [4.69, 9.17) is 5.73 Å². The summed E-state index contributed by atoms with van der Waals surface area (Å²) in [6, 6.07) is 6.88. The molecule has 0 aliphatic carbocycles. The number of hydrogen-bond acceptors (Lipinski definition) is 3. The van der Waals surface area contributed by atoms with E-state index in [-0.39, 0.29) is 0 Å². The third-order valence-electron chi connectivity index (χ3n) is 2.58. The molecule has 0 heterocycles. The van der Waals surface area contributed by atoms with Crippen molar-refractivity contribution in [3.05, 3.63) is 29.8 Å². The fourth-order valence-corrected chi connectivity index (χ4v) is 2.16. The van der Waals surface area contributed by atoms with E-state index in [2.05, 4.69) is 10.3 Å². The predicted molar refractivity (Wildman–Crippen MR) is 78.0 cm³/mol. The summed E-state index contributed by atoms with van der Waals surface area (Å²) in [7, 11) is -3.12. The molecule has 5 nitrogen and oxygen atoms in total. The highest BCUT2D eigenvalue weighted by Gasteiger charge is 2.05. The van der Waals surface area contributed by atoms with E-state index in [9.17, 15) is 8.42 Å². The highest BCUT2D eigenvalue weighted by atomic mass is 32.2. The van der Waals surface area contributed by atoms with Crippen LogP contribution in [0.15, 0.2) is 34.2 Å². The Balaban J connectivity index is 2.47. The number of guanidine groups is 1. The second-order valence-corrected chi connectivity index (χ2v) is 6.38. The Morgan fingerprint density at radius 2 is 1.95 bits per heavy atom. The topological polar surface area (TPSA) is 84.5 Å². The molecule has 0 spiro atoms. The predicted octanol–water partition coefficient (Wildman–Crippen LogP) is 0.947. The molecule has 0 saturated heterocycles. The normalized spacial score (nSPS) is 12.4. The van der Waals surface area contributed by atoms with Crippen molar-refractivity contribution in [2.75, 3.05) is 19.3 Å². The lowest BCUT2D eigenvalue weighted by Crippen LogP contribution is -2.33. The van der Waals surface area contributed by atoms with E-state index in [0.29, 0.717) is 17.4 Å². The number of nitrogens with zero attached hydrogens (tertiary/aromatic N) is 1. The number of aliphatic imine (C=N–C) groups is 1. The van der Waals surface area contributed by atoms with Crippen LogP contribution in [0.3, 0.4) is 0 Å². The molecule has 0 bridgehead atoms. The maximum atomic E-state index is 11.3. The van der Waals surface area contributed by atoms with Crippen LogP contribution in [-0.2, 0) is 16.3 Å². The van der Waals surface area contributed by atoms with Crippen molar-refractivity contribution < 1.29 is 8.42 Å². The maximum absolute atomic E-state index is 11.3. The van der Waals surface area contributed by atoms with Gasteiger partial charge in [0.05, 0.1) is 4.90 Å². The zero-order chi connectivity index (χ0) is 14.3. The monoisotopic (exact) mass is 283 g/mol. The van der Waals surface area contributed by atoms with Crippen LogP contribution in [0.5, 0.6) is 0 Å². The Bertz CT molecular complexity index is 521. The molecule has 1 aromatic carbocycles. The van der Waals surface area contributed by atoms with Crippen LogP contribution in [0.1, 0.15) is 18.9 Å². The van der Waals surface area contributed by atoms with Crippen LogP contribution in [0.4, 0.5) is 0 Å². The van der Waals surface area contributed by atoms with Gasteiger partial charge in [-0.25, -0.2) is 8.42 Å². The standard InChI is InChI=1S/C13H21N3O2S/c1-3-9-15-13(14)16-10-8-11-4-6-12(7-5-11)19(2,17)18/h4-7H,3,8-10H2,1-2H3,(H3,14,15,16). The van der Waals surface area contributed by atoms with Gasteiger partial charge in [0, 0.05) is 19.3 Å². The van der Waals surface area contributed by atoms with E-state index in [0.717, 1.165) is 24.9 Å². The molecule has 0 unspecified atom stereocenters. The van der Waals surface area contributed by atoms with E-state index in [1.165, 1.54) is 6.26 Å². The van der Waals surface area contributed by atoms with Gasteiger partial charge in [-0.2, -0.15) is 0 Å². The molecule has 1 rings (SSSR count). The SMILES string of the molecule is CCCN=C(N)NCCc1ccc(S(C)(=O)=O)cc1. The molecule has 0 amide bonds. The van der Waals surface area contributed by atoms with Crippen LogP contribution in [-0.4, -0.2) is 33.7 Å². The first-order valence-electron chi connectivity index (χ1n) is 6.26. The molecule has 6 heteroatoms. The summed E-state index contributed by atoms with van der Waals surface area (Å²) in [6.07, 6.45) is 2.94. The van der Waals surface area contributed by atoms with Crippen molar-refractivity contribution in [3.63, 3.8) is 0 Å². The maximum Gasteiger partial charge on any atom is 0.188 e. The van der Waals surface area contributed by atoms with Gasteiger partial charge in [-0.3, -0.25) is 4.99 Å². The van der Waals surface area contributed by atoms with Gasteiger partial charge in [-0.1, -0.05) is 19.1 Å². The van der Waals surface area contributed by atoms with Crippen molar-refractivity contribution in [3.8, 4) is 0 Å². The number of hydrogen-bond donors (Lipinski definition) is 2. The summed E-state index contributed by atoms with van der Waals surface area (Å²) in [5, 5.41) is 3.02. The van der Waals surface area contributed by atoms with E-state index in [1.54, 1.807) is 12.1 Å². The first kappa shape index (κ1) is 15.5. The van der Waals surface area contributed by atoms with Crippen molar-refractivity contribution >= 4 is 15.8 Å². The average molecular weight is 283 g/mol. The molecular weight excluding hydrogens is 262 g/mol. The summed E-state index contributed by atoms with van der Waals surface area (Å²) >= 11 is 0. The van der Waals surface area contributed by atoms with E-state index < -0.39 is 9.84 Å². The first-order chi connectivity index (χ1) is 8.93. The number of sulfone groups is 1. The quantitative estimate of drug-likeness (QED) is 0.601. The fraction of sp³-hybridized carbons (Fsp3) is 0.462. The van der Waals surface area contributed by atoms with Crippen LogP contribution in [0.2, 0.25) is 0 Å². The Kier molecular flexibility index (Phi) is 5.82. The minimum Gasteiger partial charge on any atom is -0.370 e. The molecule has 0 radical (unpaired) electrons. The molecule has 3 N–H and O–H groups in total. The average Bonchev–Trinajstić information content (AvgIpc) is 2.36. The van der Waals surface area contributed by atoms with Gasteiger partial charge in [-0.05, 0) is 30.5 Å². The third kappa shape index (κ3) is 5.74. The van der Waals surface area contributed by atoms with Gasteiger partial charge in [0.15, 0.2) is 15.8 Å². The zero-order valence-electron chi connectivity index (χ0n) is 11.4. The third-order valence-corrected chi connectivity index (χ3v) is 3.71. The highest BCUT2D eigenvalue weighted by Crippen LogP contribution is 2.10. The van der Waals surface area contributed by atoms with Gasteiger partial charge < -0.3 is 11.1 Å². The summed E-state index contributed by atoms with van der Waals surface area (Å²) in [5.74, 6) is 0.453. The number of nitrogens with one attached hydrogen (secondary N) is 1. The zero-order valence-corrected chi connectivity index (χ0v) is 12.2. The highest BCUT2D eigenvalue weighted by molar-refractivity contribution is 7.90. The van der Waals surface area contributed by atoms with Crippen molar-refractivity contribution in [2.45, 2.75) is 24.7 Å². The van der Waals surface area contributed by atoms with Gasteiger partial charge >= 0.3 is 0 Å². The summed E-state index contributed by atoms with van der Waals surface area (Å²) in [5.41, 5.74) is 6.72. The molecule has 1 aromatic rings. The lowest BCUT2D eigenvalue weighted by Gasteiger charge is -2.06. The van der Waals surface area contributed by atoms with Crippen molar-refractivity contribution in [2.24, 2.45) is 10.7 Å². The Labute approximate surface area is 114 Å². The van der Waals surface area contributed by atoms with Crippen LogP contribution in [0.25, 0.3) is 0 Å². The van der Waals surface area contributed by atoms with Crippen molar-refractivity contribution in [1.29, 1.82) is 0 Å². The molecule has 19 heavy (non-hydrogen) atoms. The second kappa shape index (κ2) is 7.13. The summed E-state index contributed by atoms with van der Waals surface area (Å²) in [6.45, 7) is 3.44. The van der Waals surface area contributed by atoms with Crippen LogP contribution < -0.4 is 11.1 Å². The minimum absolute atomic E-state index is 0.341. The molecule has 0 saturated carbocycles. The molecule has 0 aromatic heterocycles. The largest absolute Gasteiger partial charge is 0.370 e. The molecule has 0 fully saturated rings. The lowest BCUT2D eigenvalue weighted by atomic mass is 10.1. The fourth-order valence-electron chi connectivity index (χ4n) is 1.53. The van der Waals surface area contributed by atoms with Crippen LogP contribution >= 0.6 is 0 Å². The number of benzene rings is 1. The molecular formula is C13H21N3O2S. The smallest absolute Gasteiger partial charge is 0.188 e. The molecule has 0 aliphatic heterocycles. The van der Waals surface area contributed by atoms with E-state index >= 15 is 0 Å². The van der Waals surface area contributed by atoms with Gasteiger partial charge in [-0.15, -0.1) is 0 Å². The second-order valence-electron chi connectivity index (χ2n) is 4.36. The van der Waals surface area contributed by atoms with Gasteiger partial charge in [0.1, 0.15) is 0 Å². The summed E-state index contributed by atoms with van der Waals surface area (Å²) < 4.78 is 22.6. The number of rotatable bonds is 6. The molecule has 0 atom stereocenters. The molecule has 106 valence electrons. The van der Waals surface area contributed by atoms with E-state index in [1.807, 2.05) is 19.1 Å². The Hall–Kier alpha value is -1.56. The van der Waals surface area contributed by atoms with Gasteiger partial charge in [0.25, 0.3) is 0 Å². The Morgan fingerprint density at radius 1 is 1.32 bits per heavy atom. The first-order valence-corrected chi connectivity index (χ1v) is 8.15. The van der Waals surface area contributed by atoms with Crippen LogP contribution in [0, 0.1) is 0 Å². The lowest BCUT2D eigenvalue weighted by molar-refractivity contribution is 0.602.